The molecule has 1 aliphatic rings. The summed E-state index contributed by atoms with van der Waals surface area (Å²) < 4.78 is 20.0. The van der Waals surface area contributed by atoms with Gasteiger partial charge in [0.05, 0.1) is 29.0 Å². The standard InChI is InChI=1S/C33H31BrN2O5S/c1-19(2)41-32(38)29-21(4)35-33-36(30(29)26-17-24(34)12-15-27(26)39-5)31(37)28(42-33)16-22-10-13-25(14-11-22)40-18-23-8-6-20(3)7-9-23/h6-17,19,30H,18H2,1-5H3/b28-16-/t30-/m0/s1. The Labute approximate surface area is 256 Å². The summed E-state index contributed by atoms with van der Waals surface area (Å²) in [4.78, 5) is 32.5. The Balaban J connectivity index is 1.53. The van der Waals surface area contributed by atoms with Crippen molar-refractivity contribution in [3.05, 3.63) is 124 Å². The largest absolute Gasteiger partial charge is 0.496 e. The highest BCUT2D eigenvalue weighted by atomic mass is 79.9. The van der Waals surface area contributed by atoms with E-state index in [0.717, 1.165) is 21.3 Å². The maximum atomic E-state index is 14.0. The van der Waals surface area contributed by atoms with Crippen LogP contribution in [0.25, 0.3) is 6.08 Å². The summed E-state index contributed by atoms with van der Waals surface area (Å²) in [6, 6.07) is 20.6. The molecule has 0 fully saturated rings. The average Bonchev–Trinajstić information content (AvgIpc) is 3.26. The van der Waals surface area contributed by atoms with Crippen molar-refractivity contribution in [3.8, 4) is 11.5 Å². The summed E-state index contributed by atoms with van der Waals surface area (Å²) in [6.07, 6.45) is 1.49. The molecule has 0 saturated carbocycles. The number of thiazole rings is 1. The normalized spacial score (nSPS) is 14.9. The highest BCUT2D eigenvalue weighted by molar-refractivity contribution is 9.10. The number of methoxy groups -OCH3 is 1. The number of aromatic nitrogens is 1. The van der Waals surface area contributed by atoms with E-state index in [0.29, 0.717) is 38.5 Å². The average molecular weight is 648 g/mol. The van der Waals surface area contributed by atoms with Crippen LogP contribution in [-0.2, 0) is 16.1 Å². The number of esters is 1. The first-order valence-electron chi connectivity index (χ1n) is 13.5. The lowest BCUT2D eigenvalue weighted by Crippen LogP contribution is -2.40. The van der Waals surface area contributed by atoms with Crippen molar-refractivity contribution in [2.75, 3.05) is 7.11 Å². The molecular formula is C33H31BrN2O5S. The summed E-state index contributed by atoms with van der Waals surface area (Å²) in [5.74, 6) is 0.761. The zero-order chi connectivity index (χ0) is 30.0. The molecule has 0 N–H and O–H groups in total. The first-order chi connectivity index (χ1) is 20.1. The first-order valence-corrected chi connectivity index (χ1v) is 15.1. The maximum Gasteiger partial charge on any atom is 0.338 e. The minimum Gasteiger partial charge on any atom is -0.496 e. The van der Waals surface area contributed by atoms with Gasteiger partial charge in [-0.2, -0.15) is 0 Å². The van der Waals surface area contributed by atoms with Gasteiger partial charge in [-0.15, -0.1) is 0 Å². The highest BCUT2D eigenvalue weighted by Gasteiger charge is 2.35. The number of carbonyl (C=O) groups excluding carboxylic acids is 1. The molecular weight excluding hydrogens is 616 g/mol. The third kappa shape index (κ3) is 6.27. The molecule has 216 valence electrons. The van der Waals surface area contributed by atoms with Crippen LogP contribution in [-0.4, -0.2) is 23.8 Å². The number of benzene rings is 3. The van der Waals surface area contributed by atoms with Gasteiger partial charge >= 0.3 is 5.97 Å². The van der Waals surface area contributed by atoms with E-state index in [2.05, 4.69) is 52.1 Å². The van der Waals surface area contributed by atoms with Crippen LogP contribution in [0, 0.1) is 6.92 Å². The van der Waals surface area contributed by atoms with Crippen molar-refractivity contribution in [3.63, 3.8) is 0 Å². The fraction of sp³-hybridized carbons (Fsp3) is 0.242. The number of nitrogens with zero attached hydrogens (tertiary/aromatic N) is 2. The van der Waals surface area contributed by atoms with E-state index in [1.165, 1.54) is 16.9 Å². The van der Waals surface area contributed by atoms with Crippen LogP contribution in [0.5, 0.6) is 11.5 Å². The number of carbonyl (C=O) groups is 1. The molecule has 1 atom stereocenters. The van der Waals surface area contributed by atoms with E-state index in [1.54, 1.807) is 38.5 Å². The lowest BCUT2D eigenvalue weighted by molar-refractivity contribution is -0.143. The van der Waals surface area contributed by atoms with E-state index in [1.807, 2.05) is 42.5 Å². The molecule has 7 nitrogen and oxygen atoms in total. The molecule has 2 heterocycles. The van der Waals surface area contributed by atoms with Gasteiger partial charge in [-0.25, -0.2) is 9.79 Å². The van der Waals surface area contributed by atoms with E-state index >= 15 is 0 Å². The predicted octanol–water partition coefficient (Wildman–Crippen LogP) is 5.85. The maximum absolute atomic E-state index is 14.0. The molecule has 42 heavy (non-hydrogen) atoms. The smallest absolute Gasteiger partial charge is 0.338 e. The Bertz CT molecular complexity index is 1840. The quantitative estimate of drug-likeness (QED) is 0.225. The topological polar surface area (TPSA) is 79.1 Å². The SMILES string of the molecule is COc1ccc(Br)cc1[C@H]1C(C(=O)OC(C)C)=C(C)N=c2s/c(=C\c3ccc(OCc4ccc(C)cc4)cc3)c(=O)n21. The van der Waals surface area contributed by atoms with E-state index in [-0.39, 0.29) is 11.7 Å². The first kappa shape index (κ1) is 29.5. The van der Waals surface area contributed by atoms with Gasteiger partial charge in [0.2, 0.25) is 0 Å². The molecule has 0 saturated heterocycles. The second-order valence-corrected chi connectivity index (χ2v) is 12.2. The Hall–Kier alpha value is -3.95. The van der Waals surface area contributed by atoms with Gasteiger partial charge < -0.3 is 14.2 Å². The van der Waals surface area contributed by atoms with Crippen LogP contribution in [0.4, 0.5) is 0 Å². The van der Waals surface area contributed by atoms with Gasteiger partial charge in [0.15, 0.2) is 4.80 Å². The molecule has 0 amide bonds. The van der Waals surface area contributed by atoms with Gasteiger partial charge in [-0.3, -0.25) is 9.36 Å². The molecule has 1 aromatic heterocycles. The van der Waals surface area contributed by atoms with Gasteiger partial charge in [-0.05, 0) is 75.2 Å². The highest BCUT2D eigenvalue weighted by Crippen LogP contribution is 2.37. The molecule has 4 aromatic rings. The van der Waals surface area contributed by atoms with Gasteiger partial charge in [0.1, 0.15) is 24.1 Å². The van der Waals surface area contributed by atoms with E-state index in [4.69, 9.17) is 14.2 Å². The number of hydrogen-bond donors (Lipinski definition) is 0. The Morgan fingerprint density at radius 1 is 1.07 bits per heavy atom. The third-order valence-corrected chi connectivity index (χ3v) is 8.25. The Morgan fingerprint density at radius 2 is 1.79 bits per heavy atom. The van der Waals surface area contributed by atoms with Crippen molar-refractivity contribution < 1.29 is 19.0 Å². The zero-order valence-electron chi connectivity index (χ0n) is 24.0. The summed E-state index contributed by atoms with van der Waals surface area (Å²) in [6.45, 7) is 7.87. The summed E-state index contributed by atoms with van der Waals surface area (Å²) >= 11 is 4.81. The number of hydrogen-bond acceptors (Lipinski definition) is 7. The van der Waals surface area contributed by atoms with Crippen LogP contribution >= 0.6 is 27.3 Å². The van der Waals surface area contributed by atoms with Crippen molar-refractivity contribution in [2.24, 2.45) is 4.99 Å². The number of allylic oxidation sites excluding steroid dienone is 1. The van der Waals surface area contributed by atoms with Crippen LogP contribution in [0.2, 0.25) is 0 Å². The monoisotopic (exact) mass is 646 g/mol. The Morgan fingerprint density at radius 3 is 2.45 bits per heavy atom. The molecule has 0 radical (unpaired) electrons. The minimum atomic E-state index is -0.778. The van der Waals surface area contributed by atoms with Crippen LogP contribution < -0.4 is 24.4 Å². The molecule has 0 aliphatic carbocycles. The summed E-state index contributed by atoms with van der Waals surface area (Å²) in [5, 5.41) is 0. The number of rotatable bonds is 8. The second-order valence-electron chi connectivity index (χ2n) is 10.3. The molecule has 9 heteroatoms. The van der Waals surface area contributed by atoms with Crippen molar-refractivity contribution in [1.29, 1.82) is 0 Å². The minimum absolute atomic E-state index is 0.257. The number of aryl methyl sites for hydroxylation is 1. The fourth-order valence-corrected chi connectivity index (χ4v) is 6.16. The summed E-state index contributed by atoms with van der Waals surface area (Å²) in [7, 11) is 1.56. The van der Waals surface area contributed by atoms with Gasteiger partial charge in [-0.1, -0.05) is 69.2 Å². The number of halogens is 1. The molecule has 1 aliphatic heterocycles. The third-order valence-electron chi connectivity index (χ3n) is 6.77. The molecule has 0 spiro atoms. The fourth-order valence-electron chi connectivity index (χ4n) is 4.74. The van der Waals surface area contributed by atoms with Crippen molar-refractivity contribution in [2.45, 2.75) is 46.4 Å². The van der Waals surface area contributed by atoms with Crippen LogP contribution in [0.3, 0.4) is 0 Å². The molecule has 3 aromatic carbocycles. The van der Waals surface area contributed by atoms with Crippen molar-refractivity contribution >= 4 is 39.3 Å². The van der Waals surface area contributed by atoms with Crippen LogP contribution in [0.1, 0.15) is 49.1 Å². The predicted molar refractivity (Wildman–Crippen MR) is 168 cm³/mol. The lowest BCUT2D eigenvalue weighted by atomic mass is 9.95. The number of fused-ring (bicyclic) bond motifs is 1. The van der Waals surface area contributed by atoms with E-state index < -0.39 is 12.0 Å². The molecule has 0 bridgehead atoms. The van der Waals surface area contributed by atoms with E-state index in [9.17, 15) is 9.59 Å². The van der Waals surface area contributed by atoms with Gasteiger partial charge in [0.25, 0.3) is 5.56 Å². The number of ether oxygens (including phenoxy) is 3. The van der Waals surface area contributed by atoms with Crippen molar-refractivity contribution in [1.82, 2.24) is 4.57 Å². The van der Waals surface area contributed by atoms with Crippen LogP contribution in [0.15, 0.2) is 92.3 Å². The van der Waals surface area contributed by atoms with Gasteiger partial charge in [0, 0.05) is 10.0 Å². The molecule has 5 rings (SSSR count). The Kier molecular flexibility index (Phi) is 8.80. The molecule has 0 unspecified atom stereocenters. The second kappa shape index (κ2) is 12.5. The summed E-state index contributed by atoms with van der Waals surface area (Å²) in [5.41, 5.74) is 4.33. The lowest BCUT2D eigenvalue weighted by Gasteiger charge is -2.26. The zero-order valence-corrected chi connectivity index (χ0v) is 26.4.